The topological polar surface area (TPSA) is 64.1 Å². The van der Waals surface area contributed by atoms with Gasteiger partial charge in [-0.25, -0.2) is 4.79 Å². The Morgan fingerprint density at radius 3 is 2.24 bits per heavy atom. The number of rotatable bonds is 4. The fraction of sp³-hybridized carbons (Fsp3) is 0.818. The van der Waals surface area contributed by atoms with Gasteiger partial charge in [-0.15, -0.1) is 0 Å². The molecule has 1 N–H and O–H groups in total. The van der Waals surface area contributed by atoms with Crippen molar-refractivity contribution in [1.82, 2.24) is 14.7 Å². The molecule has 1 heterocycles. The van der Waals surface area contributed by atoms with E-state index in [2.05, 4.69) is 9.80 Å². The van der Waals surface area contributed by atoms with Gasteiger partial charge in [0.05, 0.1) is 0 Å². The molecule has 0 aromatic rings. The molecule has 98 valence electrons. The molecule has 0 atom stereocenters. The Hall–Kier alpha value is -1.14. The smallest absolute Gasteiger partial charge is 0.394 e. The monoisotopic (exact) mass is 243 g/mol. The summed E-state index contributed by atoms with van der Waals surface area (Å²) in [6.07, 6.45) is 1.10. The molecular formula is C11H21N3O3. The summed E-state index contributed by atoms with van der Waals surface area (Å²) >= 11 is 0. The van der Waals surface area contributed by atoms with E-state index in [1.165, 1.54) is 4.90 Å². The second kappa shape index (κ2) is 6.56. The zero-order valence-corrected chi connectivity index (χ0v) is 10.6. The first-order chi connectivity index (χ1) is 8.00. The van der Waals surface area contributed by atoms with Crippen molar-refractivity contribution in [3.63, 3.8) is 0 Å². The summed E-state index contributed by atoms with van der Waals surface area (Å²) in [4.78, 5) is 27.5. The minimum atomic E-state index is -1.36. The lowest BCUT2D eigenvalue weighted by Crippen LogP contribution is -2.50. The van der Waals surface area contributed by atoms with Crippen LogP contribution < -0.4 is 0 Å². The van der Waals surface area contributed by atoms with Gasteiger partial charge in [0.2, 0.25) is 0 Å². The zero-order valence-electron chi connectivity index (χ0n) is 10.6. The molecule has 1 fully saturated rings. The van der Waals surface area contributed by atoms with Crippen LogP contribution in [0.1, 0.15) is 6.42 Å². The number of nitrogens with zero attached hydrogens (tertiary/aromatic N) is 3. The van der Waals surface area contributed by atoms with E-state index in [-0.39, 0.29) is 0 Å². The van der Waals surface area contributed by atoms with Gasteiger partial charge in [-0.05, 0) is 33.6 Å². The highest BCUT2D eigenvalue weighted by atomic mass is 16.4. The SMILES string of the molecule is CN(C)CCCN1CCN(C(=O)C(=O)O)CC1. The molecule has 0 spiro atoms. The van der Waals surface area contributed by atoms with Crippen LogP contribution in [-0.4, -0.2) is 85.0 Å². The number of carboxylic acid groups (broad SMARTS) is 1. The van der Waals surface area contributed by atoms with Crippen molar-refractivity contribution in [1.29, 1.82) is 0 Å². The molecule has 1 aliphatic rings. The summed E-state index contributed by atoms with van der Waals surface area (Å²) in [5, 5.41) is 8.59. The molecule has 1 aliphatic heterocycles. The summed E-state index contributed by atoms with van der Waals surface area (Å²) in [5.74, 6) is -2.14. The second-order valence-corrected chi connectivity index (χ2v) is 4.60. The van der Waals surface area contributed by atoms with Crippen LogP contribution in [0.2, 0.25) is 0 Å². The Morgan fingerprint density at radius 2 is 1.76 bits per heavy atom. The lowest BCUT2D eigenvalue weighted by molar-refractivity contribution is -0.156. The fourth-order valence-electron chi connectivity index (χ4n) is 1.92. The first kappa shape index (κ1) is 13.9. The molecule has 0 bridgehead atoms. The van der Waals surface area contributed by atoms with Crippen molar-refractivity contribution >= 4 is 11.9 Å². The predicted molar refractivity (Wildman–Crippen MR) is 63.8 cm³/mol. The molecule has 0 aliphatic carbocycles. The van der Waals surface area contributed by atoms with Gasteiger partial charge in [0, 0.05) is 26.2 Å². The summed E-state index contributed by atoms with van der Waals surface area (Å²) in [6, 6.07) is 0. The standard InChI is InChI=1S/C11H21N3O3/c1-12(2)4-3-5-13-6-8-14(9-7-13)10(15)11(16)17/h3-9H2,1-2H3,(H,16,17). The molecule has 1 saturated heterocycles. The van der Waals surface area contributed by atoms with Crippen molar-refractivity contribution in [2.45, 2.75) is 6.42 Å². The zero-order chi connectivity index (χ0) is 12.8. The highest BCUT2D eigenvalue weighted by Crippen LogP contribution is 2.03. The van der Waals surface area contributed by atoms with Crippen LogP contribution in [0.4, 0.5) is 0 Å². The van der Waals surface area contributed by atoms with E-state index in [0.29, 0.717) is 13.1 Å². The minimum absolute atomic E-state index is 0.521. The Balaban J connectivity index is 2.22. The van der Waals surface area contributed by atoms with Crippen LogP contribution in [0.15, 0.2) is 0 Å². The number of hydrogen-bond donors (Lipinski definition) is 1. The third kappa shape index (κ3) is 4.70. The number of carbonyl (C=O) groups is 2. The maximum Gasteiger partial charge on any atom is 0.394 e. The van der Waals surface area contributed by atoms with Crippen molar-refractivity contribution < 1.29 is 14.7 Å². The molecule has 0 unspecified atom stereocenters. The minimum Gasteiger partial charge on any atom is -0.474 e. The van der Waals surface area contributed by atoms with E-state index in [1.54, 1.807) is 0 Å². The second-order valence-electron chi connectivity index (χ2n) is 4.60. The Morgan fingerprint density at radius 1 is 1.18 bits per heavy atom. The highest BCUT2D eigenvalue weighted by molar-refractivity contribution is 6.31. The van der Waals surface area contributed by atoms with E-state index in [0.717, 1.165) is 32.6 Å². The van der Waals surface area contributed by atoms with Gasteiger partial charge in [-0.1, -0.05) is 0 Å². The van der Waals surface area contributed by atoms with Gasteiger partial charge in [0.25, 0.3) is 0 Å². The van der Waals surface area contributed by atoms with Gasteiger partial charge in [-0.3, -0.25) is 9.69 Å². The number of hydrogen-bond acceptors (Lipinski definition) is 4. The van der Waals surface area contributed by atoms with Gasteiger partial charge in [-0.2, -0.15) is 0 Å². The van der Waals surface area contributed by atoms with Crippen LogP contribution in [0.3, 0.4) is 0 Å². The lowest BCUT2D eigenvalue weighted by atomic mass is 10.3. The summed E-state index contributed by atoms with van der Waals surface area (Å²) in [6.45, 7) is 4.64. The van der Waals surface area contributed by atoms with E-state index >= 15 is 0 Å². The van der Waals surface area contributed by atoms with Crippen molar-refractivity contribution in [2.75, 3.05) is 53.4 Å². The lowest BCUT2D eigenvalue weighted by Gasteiger charge is -2.33. The van der Waals surface area contributed by atoms with Crippen LogP contribution >= 0.6 is 0 Å². The molecule has 0 aromatic heterocycles. The van der Waals surface area contributed by atoms with Crippen LogP contribution in [0.25, 0.3) is 0 Å². The van der Waals surface area contributed by atoms with Gasteiger partial charge in [0.1, 0.15) is 0 Å². The predicted octanol–water partition coefficient (Wildman–Crippen LogP) is -0.833. The molecule has 17 heavy (non-hydrogen) atoms. The van der Waals surface area contributed by atoms with E-state index in [1.807, 2.05) is 14.1 Å². The van der Waals surface area contributed by atoms with Gasteiger partial charge in [0.15, 0.2) is 0 Å². The summed E-state index contributed by atoms with van der Waals surface area (Å²) in [7, 11) is 4.09. The molecule has 1 amide bonds. The normalized spacial score (nSPS) is 17.5. The number of piperazine rings is 1. The van der Waals surface area contributed by atoms with Crippen molar-refractivity contribution in [3.05, 3.63) is 0 Å². The molecule has 0 aromatic carbocycles. The van der Waals surface area contributed by atoms with E-state index in [9.17, 15) is 9.59 Å². The first-order valence-corrected chi connectivity index (χ1v) is 5.90. The number of aliphatic carboxylic acids is 1. The Kier molecular flexibility index (Phi) is 5.37. The van der Waals surface area contributed by atoms with Crippen molar-refractivity contribution in [2.24, 2.45) is 0 Å². The van der Waals surface area contributed by atoms with Crippen molar-refractivity contribution in [3.8, 4) is 0 Å². The maximum absolute atomic E-state index is 11.2. The first-order valence-electron chi connectivity index (χ1n) is 5.90. The number of amides is 1. The Labute approximate surface area is 102 Å². The summed E-state index contributed by atoms with van der Waals surface area (Å²) in [5.41, 5.74) is 0. The molecule has 0 radical (unpaired) electrons. The molecule has 6 nitrogen and oxygen atoms in total. The highest BCUT2D eigenvalue weighted by Gasteiger charge is 2.24. The van der Waals surface area contributed by atoms with Crippen LogP contribution in [0.5, 0.6) is 0 Å². The van der Waals surface area contributed by atoms with Gasteiger partial charge >= 0.3 is 11.9 Å². The van der Waals surface area contributed by atoms with E-state index in [4.69, 9.17) is 5.11 Å². The quantitative estimate of drug-likeness (QED) is 0.653. The third-order valence-corrected chi connectivity index (χ3v) is 2.92. The molecular weight excluding hydrogens is 222 g/mol. The summed E-state index contributed by atoms with van der Waals surface area (Å²) < 4.78 is 0. The molecule has 6 heteroatoms. The molecule has 1 rings (SSSR count). The maximum atomic E-state index is 11.2. The van der Waals surface area contributed by atoms with Crippen LogP contribution in [-0.2, 0) is 9.59 Å². The van der Waals surface area contributed by atoms with Gasteiger partial charge < -0.3 is 14.9 Å². The number of carboxylic acids is 1. The molecule has 0 saturated carbocycles. The third-order valence-electron chi connectivity index (χ3n) is 2.92. The Bertz CT molecular complexity index is 273. The fourth-order valence-corrected chi connectivity index (χ4v) is 1.92. The average molecular weight is 243 g/mol. The van der Waals surface area contributed by atoms with E-state index < -0.39 is 11.9 Å². The number of carbonyl (C=O) groups excluding carboxylic acids is 1. The van der Waals surface area contributed by atoms with Crippen LogP contribution in [0, 0.1) is 0 Å². The largest absolute Gasteiger partial charge is 0.474 e. The average Bonchev–Trinajstić information content (AvgIpc) is 2.28.